The average Bonchev–Trinajstić information content (AvgIpc) is 2.83. The molecule has 0 unspecified atom stereocenters. The molecule has 0 fully saturated rings. The van der Waals surface area contributed by atoms with Crippen molar-refractivity contribution in [3.8, 4) is 22.8 Å². The maximum absolute atomic E-state index is 4.72. The molecule has 4 heteroatoms. The number of hydrogen-bond donors (Lipinski definition) is 1. The van der Waals surface area contributed by atoms with E-state index in [1.54, 1.807) is 0 Å². The highest BCUT2D eigenvalue weighted by Crippen LogP contribution is 2.33. The summed E-state index contributed by atoms with van der Waals surface area (Å²) in [6.07, 6.45) is 6.45. The Balaban J connectivity index is 1.97. The lowest BCUT2D eigenvalue weighted by molar-refractivity contribution is 0.553. The molecule has 0 aliphatic heterocycles. The summed E-state index contributed by atoms with van der Waals surface area (Å²) in [5.74, 6) is 1.74. The molecular formula is C29H34N4. The summed E-state index contributed by atoms with van der Waals surface area (Å²) in [6, 6.07) is 19.9. The Bertz CT molecular complexity index is 1090. The maximum Gasteiger partial charge on any atom is 0.231 e. The van der Waals surface area contributed by atoms with Gasteiger partial charge in [0.15, 0.2) is 11.6 Å². The lowest BCUT2D eigenvalue weighted by atomic mass is 9.80. The van der Waals surface area contributed by atoms with Crippen molar-refractivity contribution in [1.82, 2.24) is 15.0 Å². The fourth-order valence-corrected chi connectivity index (χ4v) is 3.81. The standard InChI is InChI=1S/C29H34N4/c1-7-21(3)20-29(5,6)25(8-2)19-22(4)30-28-32-26(23-15-11-9-12-16-23)31-27(33-28)24-17-13-10-14-18-24/h9-20H,4,7-8H2,1-3,5-6H3,(H,30,31,32,33)/b21-20+,25-19+. The summed E-state index contributed by atoms with van der Waals surface area (Å²) < 4.78 is 0. The summed E-state index contributed by atoms with van der Waals surface area (Å²) in [5, 5.41) is 3.31. The van der Waals surface area contributed by atoms with Crippen molar-refractivity contribution < 1.29 is 0 Å². The topological polar surface area (TPSA) is 50.7 Å². The van der Waals surface area contributed by atoms with E-state index in [2.05, 4.69) is 58.7 Å². The minimum Gasteiger partial charge on any atom is -0.325 e. The highest BCUT2D eigenvalue weighted by molar-refractivity contribution is 5.63. The van der Waals surface area contributed by atoms with Gasteiger partial charge >= 0.3 is 0 Å². The third-order valence-electron chi connectivity index (χ3n) is 5.69. The molecule has 33 heavy (non-hydrogen) atoms. The van der Waals surface area contributed by atoms with E-state index in [1.807, 2.05) is 60.7 Å². The van der Waals surface area contributed by atoms with Crippen molar-refractivity contribution in [2.24, 2.45) is 5.41 Å². The van der Waals surface area contributed by atoms with Crippen molar-refractivity contribution in [1.29, 1.82) is 0 Å². The molecular weight excluding hydrogens is 404 g/mol. The highest BCUT2D eigenvalue weighted by atomic mass is 15.2. The Kier molecular flexibility index (Phi) is 7.94. The van der Waals surface area contributed by atoms with E-state index >= 15 is 0 Å². The number of nitrogens with one attached hydrogen (secondary N) is 1. The molecule has 1 heterocycles. The van der Waals surface area contributed by atoms with Gasteiger partial charge in [0.1, 0.15) is 0 Å². The zero-order valence-electron chi connectivity index (χ0n) is 20.4. The third-order valence-corrected chi connectivity index (χ3v) is 5.69. The smallest absolute Gasteiger partial charge is 0.231 e. The summed E-state index contributed by atoms with van der Waals surface area (Å²) in [5.41, 5.74) is 5.27. The van der Waals surface area contributed by atoms with Crippen LogP contribution in [0.25, 0.3) is 22.8 Å². The number of allylic oxidation sites excluding steroid dienone is 4. The van der Waals surface area contributed by atoms with Crippen LogP contribution < -0.4 is 5.32 Å². The van der Waals surface area contributed by atoms with Crippen LogP contribution >= 0.6 is 0 Å². The van der Waals surface area contributed by atoms with Crippen LogP contribution in [0.5, 0.6) is 0 Å². The van der Waals surface area contributed by atoms with Gasteiger partial charge in [-0.05, 0) is 25.8 Å². The molecule has 0 saturated heterocycles. The average molecular weight is 439 g/mol. The monoisotopic (exact) mass is 438 g/mol. The van der Waals surface area contributed by atoms with Crippen LogP contribution in [0.4, 0.5) is 5.95 Å². The molecule has 0 spiro atoms. The first-order valence-corrected chi connectivity index (χ1v) is 11.5. The summed E-state index contributed by atoms with van der Waals surface area (Å²) in [6.45, 7) is 15.3. The fraction of sp³-hybridized carbons (Fsp3) is 0.276. The lowest BCUT2D eigenvalue weighted by Crippen LogP contribution is -2.13. The number of hydrogen-bond acceptors (Lipinski definition) is 4. The Labute approximate surface area is 198 Å². The van der Waals surface area contributed by atoms with Gasteiger partial charge in [0.25, 0.3) is 0 Å². The molecule has 170 valence electrons. The van der Waals surface area contributed by atoms with E-state index < -0.39 is 0 Å². The number of benzene rings is 2. The van der Waals surface area contributed by atoms with E-state index in [-0.39, 0.29) is 5.41 Å². The van der Waals surface area contributed by atoms with Gasteiger partial charge in [0, 0.05) is 22.2 Å². The second-order valence-electron chi connectivity index (χ2n) is 8.78. The van der Waals surface area contributed by atoms with Crippen molar-refractivity contribution in [3.63, 3.8) is 0 Å². The van der Waals surface area contributed by atoms with Crippen molar-refractivity contribution in [3.05, 3.63) is 96.2 Å². The van der Waals surface area contributed by atoms with E-state index in [0.29, 0.717) is 17.6 Å². The molecule has 0 atom stereocenters. The molecule has 3 aromatic rings. The molecule has 0 bridgehead atoms. The van der Waals surface area contributed by atoms with Crippen LogP contribution in [0, 0.1) is 5.41 Å². The van der Waals surface area contributed by atoms with Gasteiger partial charge < -0.3 is 5.32 Å². The number of anilines is 1. The second-order valence-corrected chi connectivity index (χ2v) is 8.78. The van der Waals surface area contributed by atoms with E-state index in [4.69, 9.17) is 15.0 Å². The molecule has 0 radical (unpaired) electrons. The molecule has 0 saturated carbocycles. The number of nitrogens with zero attached hydrogens (tertiary/aromatic N) is 3. The highest BCUT2D eigenvalue weighted by Gasteiger charge is 2.20. The summed E-state index contributed by atoms with van der Waals surface area (Å²) >= 11 is 0. The SMILES string of the molecule is C=C(/C=C(\CC)C(C)(C)/C=C(\C)CC)Nc1nc(-c2ccccc2)nc(-c2ccccc2)n1. The molecule has 4 nitrogen and oxygen atoms in total. The normalized spacial score (nSPS) is 12.5. The molecule has 1 aromatic heterocycles. The van der Waals surface area contributed by atoms with E-state index in [9.17, 15) is 0 Å². The van der Waals surface area contributed by atoms with Gasteiger partial charge in [0.05, 0.1) is 0 Å². The zero-order valence-corrected chi connectivity index (χ0v) is 20.4. The van der Waals surface area contributed by atoms with Crippen LogP contribution in [0.2, 0.25) is 0 Å². The van der Waals surface area contributed by atoms with Crippen LogP contribution in [0.1, 0.15) is 47.5 Å². The Hall–Kier alpha value is -3.53. The predicted molar refractivity (Wildman–Crippen MR) is 140 cm³/mol. The van der Waals surface area contributed by atoms with Crippen molar-refractivity contribution in [2.45, 2.75) is 47.5 Å². The summed E-state index contributed by atoms with van der Waals surface area (Å²) in [7, 11) is 0. The lowest BCUT2D eigenvalue weighted by Gasteiger charge is -2.25. The minimum absolute atomic E-state index is 0.0526. The van der Waals surface area contributed by atoms with Gasteiger partial charge in [-0.3, -0.25) is 0 Å². The molecule has 0 amide bonds. The fourth-order valence-electron chi connectivity index (χ4n) is 3.81. The summed E-state index contributed by atoms with van der Waals surface area (Å²) in [4.78, 5) is 14.1. The van der Waals surface area contributed by atoms with Crippen LogP contribution in [0.15, 0.2) is 96.2 Å². The third kappa shape index (κ3) is 6.48. The van der Waals surface area contributed by atoms with Gasteiger partial charge in [-0.1, -0.05) is 112 Å². The Morgan fingerprint density at radius 1 is 0.848 bits per heavy atom. The van der Waals surface area contributed by atoms with E-state index in [1.165, 1.54) is 11.1 Å². The molecule has 0 aliphatic carbocycles. The van der Waals surface area contributed by atoms with Crippen LogP contribution in [-0.2, 0) is 0 Å². The number of aromatic nitrogens is 3. The second kappa shape index (κ2) is 10.9. The minimum atomic E-state index is -0.0526. The molecule has 2 aromatic carbocycles. The molecule has 1 N–H and O–H groups in total. The molecule has 0 aliphatic rings. The number of rotatable bonds is 9. The molecule has 3 rings (SSSR count). The first kappa shape index (κ1) is 24.1. The first-order chi connectivity index (χ1) is 15.8. The quantitative estimate of drug-likeness (QED) is 0.273. The predicted octanol–water partition coefficient (Wildman–Crippen LogP) is 7.85. The van der Waals surface area contributed by atoms with Crippen molar-refractivity contribution in [2.75, 3.05) is 5.32 Å². The largest absolute Gasteiger partial charge is 0.325 e. The maximum atomic E-state index is 4.72. The van der Waals surface area contributed by atoms with Gasteiger partial charge in [0.2, 0.25) is 5.95 Å². The Morgan fingerprint density at radius 3 is 1.82 bits per heavy atom. The Morgan fingerprint density at radius 2 is 1.36 bits per heavy atom. The van der Waals surface area contributed by atoms with Gasteiger partial charge in [-0.25, -0.2) is 4.98 Å². The zero-order chi connectivity index (χ0) is 23.8. The van der Waals surface area contributed by atoms with Gasteiger partial charge in [-0.15, -0.1) is 0 Å². The van der Waals surface area contributed by atoms with Crippen molar-refractivity contribution >= 4 is 5.95 Å². The first-order valence-electron chi connectivity index (χ1n) is 11.5. The van der Waals surface area contributed by atoms with Crippen LogP contribution in [-0.4, -0.2) is 15.0 Å². The van der Waals surface area contributed by atoms with E-state index in [0.717, 1.165) is 29.7 Å². The van der Waals surface area contributed by atoms with Gasteiger partial charge in [-0.2, -0.15) is 9.97 Å². The van der Waals surface area contributed by atoms with Crippen LogP contribution in [0.3, 0.4) is 0 Å².